The number of aliphatic carboxylic acids is 2. The number of nitrogen functional groups attached to an aromatic ring is 1. The van der Waals surface area contributed by atoms with Crippen molar-refractivity contribution in [1.82, 2.24) is 15.3 Å². The third-order valence-electron chi connectivity index (χ3n) is 3.41. The maximum atomic E-state index is 11.8. The molecule has 0 saturated carbocycles. The minimum Gasteiger partial charge on any atom is -0.481 e. The van der Waals surface area contributed by atoms with Gasteiger partial charge in [-0.05, 0) is 12.5 Å². The summed E-state index contributed by atoms with van der Waals surface area (Å²) >= 11 is 0. The first-order valence-electron chi connectivity index (χ1n) is 8.20. The number of carbonyl (C=O) groups is 4. The lowest BCUT2D eigenvalue weighted by molar-refractivity contribution is -0.156. The first kappa shape index (κ1) is 22.6. The van der Waals surface area contributed by atoms with Crippen LogP contribution in [0, 0.1) is 0 Å². The van der Waals surface area contributed by atoms with Gasteiger partial charge in [-0.2, -0.15) is 4.98 Å². The van der Waals surface area contributed by atoms with E-state index in [1.54, 1.807) is 11.0 Å². The van der Waals surface area contributed by atoms with Gasteiger partial charge in [0.15, 0.2) is 0 Å². The molecule has 154 valence electrons. The van der Waals surface area contributed by atoms with E-state index < -0.39 is 36.3 Å². The number of nitrogens with zero attached hydrogens (tertiary/aromatic N) is 3. The van der Waals surface area contributed by atoms with Crippen LogP contribution in [0.5, 0.6) is 0 Å². The number of esters is 1. The van der Waals surface area contributed by atoms with Crippen molar-refractivity contribution >= 4 is 35.6 Å². The normalized spacial score (nSPS) is 11.3. The summed E-state index contributed by atoms with van der Waals surface area (Å²) in [4.78, 5) is 54.5. The molecule has 1 aromatic rings. The zero-order valence-corrected chi connectivity index (χ0v) is 14.9. The van der Waals surface area contributed by atoms with E-state index in [9.17, 15) is 19.2 Å². The van der Waals surface area contributed by atoms with Gasteiger partial charge >= 0.3 is 23.8 Å². The summed E-state index contributed by atoms with van der Waals surface area (Å²) in [6, 6.07) is 0.0642. The number of rotatable bonds is 11. The number of aromatic nitrogens is 2. The molecule has 0 spiro atoms. The number of carbonyl (C=O) groups excluding carboxylic acids is 2. The molecule has 0 aliphatic heterocycles. The molecule has 0 aliphatic rings. The van der Waals surface area contributed by atoms with Gasteiger partial charge in [0.25, 0.3) is 0 Å². The number of anilines is 2. The predicted molar refractivity (Wildman–Crippen MR) is 95.1 cm³/mol. The van der Waals surface area contributed by atoms with Crippen LogP contribution in [0.1, 0.15) is 12.8 Å². The van der Waals surface area contributed by atoms with Crippen molar-refractivity contribution in [3.8, 4) is 0 Å². The highest BCUT2D eigenvalue weighted by atomic mass is 16.5. The quantitative estimate of drug-likeness (QED) is 0.198. The van der Waals surface area contributed by atoms with Crippen LogP contribution in [0.25, 0.3) is 0 Å². The average Bonchev–Trinajstić information content (AvgIpc) is 2.63. The van der Waals surface area contributed by atoms with Crippen LogP contribution in [-0.2, 0) is 23.9 Å². The van der Waals surface area contributed by atoms with E-state index in [0.29, 0.717) is 12.4 Å². The van der Waals surface area contributed by atoms with Crippen molar-refractivity contribution in [2.45, 2.75) is 18.9 Å². The predicted octanol–water partition coefficient (Wildman–Crippen LogP) is -2.20. The molecular weight excluding hydrogens is 376 g/mol. The molecule has 0 bridgehead atoms. The molecule has 0 aromatic carbocycles. The average molecular weight is 398 g/mol. The third kappa shape index (κ3) is 7.82. The topological polar surface area (TPSA) is 211 Å². The van der Waals surface area contributed by atoms with E-state index in [4.69, 9.17) is 26.4 Å². The Labute approximate surface area is 159 Å². The van der Waals surface area contributed by atoms with Gasteiger partial charge in [0, 0.05) is 25.7 Å². The van der Waals surface area contributed by atoms with Crippen molar-refractivity contribution in [2.75, 3.05) is 36.9 Å². The number of hydrogen-bond acceptors (Lipinski definition) is 10. The van der Waals surface area contributed by atoms with Crippen molar-refractivity contribution < 1.29 is 34.1 Å². The smallest absolute Gasteiger partial charge is 0.396 e. The molecule has 0 fully saturated rings. The number of nitrogens with two attached hydrogens (primary N) is 2. The van der Waals surface area contributed by atoms with Gasteiger partial charge in [-0.1, -0.05) is 0 Å². The van der Waals surface area contributed by atoms with Crippen molar-refractivity contribution in [3.63, 3.8) is 0 Å². The lowest BCUT2D eigenvalue weighted by Crippen LogP contribution is -2.45. The number of nitrogens with one attached hydrogen (secondary N) is 1. The largest absolute Gasteiger partial charge is 0.481 e. The molecular formula is C15H22N6O7. The second-order valence-corrected chi connectivity index (χ2v) is 5.48. The van der Waals surface area contributed by atoms with Gasteiger partial charge in [0.1, 0.15) is 18.5 Å². The zero-order valence-electron chi connectivity index (χ0n) is 14.9. The van der Waals surface area contributed by atoms with Crippen molar-refractivity contribution in [2.24, 2.45) is 5.73 Å². The Kier molecular flexibility index (Phi) is 9.09. The summed E-state index contributed by atoms with van der Waals surface area (Å²) < 4.78 is 4.82. The molecule has 1 heterocycles. The summed E-state index contributed by atoms with van der Waals surface area (Å²) in [5, 5.41) is 19.5. The van der Waals surface area contributed by atoms with Crippen molar-refractivity contribution in [3.05, 3.63) is 12.3 Å². The zero-order chi connectivity index (χ0) is 21.1. The second kappa shape index (κ2) is 11.3. The lowest BCUT2D eigenvalue weighted by atomic mass is 10.1. The lowest BCUT2D eigenvalue weighted by Gasteiger charge is -2.22. The van der Waals surface area contributed by atoms with Crippen LogP contribution in [0.4, 0.5) is 11.8 Å². The minimum absolute atomic E-state index is 0.0527. The van der Waals surface area contributed by atoms with Crippen LogP contribution in [0.3, 0.4) is 0 Å². The Morgan fingerprint density at radius 2 is 1.96 bits per heavy atom. The van der Waals surface area contributed by atoms with Gasteiger partial charge in [0.05, 0.1) is 6.54 Å². The van der Waals surface area contributed by atoms with E-state index in [-0.39, 0.29) is 32.1 Å². The van der Waals surface area contributed by atoms with Crippen molar-refractivity contribution in [1.29, 1.82) is 0 Å². The van der Waals surface area contributed by atoms with Crippen LogP contribution >= 0.6 is 0 Å². The summed E-state index contributed by atoms with van der Waals surface area (Å²) in [5.74, 6) is -4.76. The maximum absolute atomic E-state index is 11.8. The highest BCUT2D eigenvalue weighted by Crippen LogP contribution is 2.09. The Balaban J connectivity index is 2.55. The van der Waals surface area contributed by atoms with Crippen LogP contribution < -0.4 is 21.7 Å². The van der Waals surface area contributed by atoms with E-state index in [1.807, 2.05) is 5.32 Å². The van der Waals surface area contributed by atoms with Gasteiger partial charge in [-0.25, -0.2) is 14.6 Å². The molecule has 28 heavy (non-hydrogen) atoms. The number of amides is 1. The number of carboxylic acid groups (broad SMARTS) is 2. The molecule has 0 unspecified atom stereocenters. The Bertz CT molecular complexity index is 714. The van der Waals surface area contributed by atoms with E-state index in [1.165, 1.54) is 6.20 Å². The molecule has 0 aliphatic carbocycles. The van der Waals surface area contributed by atoms with E-state index in [2.05, 4.69) is 9.97 Å². The van der Waals surface area contributed by atoms with E-state index >= 15 is 0 Å². The van der Waals surface area contributed by atoms with E-state index in [0.717, 1.165) is 0 Å². The fourth-order valence-corrected chi connectivity index (χ4v) is 2.09. The number of ether oxygens (including phenoxy) is 1. The molecule has 7 N–H and O–H groups in total. The Morgan fingerprint density at radius 1 is 1.25 bits per heavy atom. The van der Waals surface area contributed by atoms with Crippen LogP contribution in [-0.4, -0.2) is 76.3 Å². The number of carboxylic acids is 2. The Morgan fingerprint density at radius 3 is 2.54 bits per heavy atom. The van der Waals surface area contributed by atoms with Crippen LogP contribution in [0.15, 0.2) is 12.3 Å². The summed E-state index contributed by atoms with van der Waals surface area (Å²) in [7, 11) is 0. The third-order valence-corrected chi connectivity index (χ3v) is 3.41. The van der Waals surface area contributed by atoms with Gasteiger partial charge in [-0.15, -0.1) is 0 Å². The first-order valence-corrected chi connectivity index (χ1v) is 8.20. The maximum Gasteiger partial charge on any atom is 0.396 e. The number of hydrogen-bond donors (Lipinski definition) is 5. The molecule has 1 amide bonds. The Hall–Kier alpha value is -3.48. The summed E-state index contributed by atoms with van der Waals surface area (Å²) in [5.41, 5.74) is 11.1. The summed E-state index contributed by atoms with van der Waals surface area (Å²) in [6.45, 7) is 0.593. The molecule has 1 atom stereocenters. The van der Waals surface area contributed by atoms with Gasteiger partial charge in [0.2, 0.25) is 5.95 Å². The van der Waals surface area contributed by atoms with Gasteiger partial charge in [-0.3, -0.25) is 9.59 Å². The molecule has 1 aromatic heterocycles. The SMILES string of the molecule is NCCN(CCOC(=O)C(=O)N[C@@H](CCC(=O)O)C(=O)O)c1ccnc(N)n1. The summed E-state index contributed by atoms with van der Waals surface area (Å²) in [6.07, 6.45) is 0.593. The monoisotopic (exact) mass is 398 g/mol. The van der Waals surface area contributed by atoms with Crippen LogP contribution in [0.2, 0.25) is 0 Å². The highest BCUT2D eigenvalue weighted by Gasteiger charge is 2.25. The molecule has 0 radical (unpaired) electrons. The van der Waals surface area contributed by atoms with Gasteiger partial charge < -0.3 is 36.6 Å². The minimum atomic E-state index is -1.52. The second-order valence-electron chi connectivity index (χ2n) is 5.48. The fraction of sp³-hybridized carbons (Fsp3) is 0.467. The molecule has 13 nitrogen and oxygen atoms in total. The molecule has 1 rings (SSSR count). The first-order chi connectivity index (χ1) is 13.2. The molecule has 0 saturated heterocycles. The standard InChI is InChI=1S/C15H22N6O7/c16-4-6-21(10-3-5-18-15(17)20-10)7-8-28-14(27)12(24)19-9(13(25)26)1-2-11(22)23/h3,5,9H,1-2,4,6-8,16H2,(H,19,24)(H,22,23)(H,25,26)(H2,17,18,20)/t9-/m0/s1. The fourth-order valence-electron chi connectivity index (χ4n) is 2.09. The highest BCUT2D eigenvalue weighted by molar-refractivity contribution is 6.32. The molecule has 13 heteroatoms.